The first-order valence-electron chi connectivity index (χ1n) is 7.55. The zero-order valence-electron chi connectivity index (χ0n) is 12.6. The molecule has 1 saturated heterocycles. The number of aryl methyl sites for hydroxylation is 2. The summed E-state index contributed by atoms with van der Waals surface area (Å²) in [6, 6.07) is 4.22. The Labute approximate surface area is 121 Å². The Bertz CT molecular complexity index is 482. The van der Waals surface area contributed by atoms with E-state index in [1.165, 1.54) is 38.8 Å². The standard InChI is InChI=1S/C16H24N4/c1-13-11-16(15(12-17)14(2)19-13)18-7-10-20-8-5-3-4-6-9-20/h11H,3-10H2,1-2H3,(H,18,19). The summed E-state index contributed by atoms with van der Waals surface area (Å²) >= 11 is 0. The van der Waals surface area contributed by atoms with E-state index in [0.29, 0.717) is 5.56 Å². The zero-order chi connectivity index (χ0) is 14.4. The maximum Gasteiger partial charge on any atom is 0.103 e. The monoisotopic (exact) mass is 272 g/mol. The fourth-order valence-corrected chi connectivity index (χ4v) is 2.82. The van der Waals surface area contributed by atoms with E-state index in [1.54, 1.807) is 0 Å². The molecule has 20 heavy (non-hydrogen) atoms. The number of hydrogen-bond acceptors (Lipinski definition) is 4. The summed E-state index contributed by atoms with van der Waals surface area (Å²) in [5, 5.41) is 12.6. The van der Waals surface area contributed by atoms with Crippen molar-refractivity contribution in [1.82, 2.24) is 9.88 Å². The lowest BCUT2D eigenvalue weighted by Crippen LogP contribution is -2.30. The third kappa shape index (κ3) is 3.94. The largest absolute Gasteiger partial charge is 0.383 e. The van der Waals surface area contributed by atoms with Gasteiger partial charge in [0, 0.05) is 18.8 Å². The Balaban J connectivity index is 1.92. The number of nitrogens with one attached hydrogen (secondary N) is 1. The molecule has 4 nitrogen and oxygen atoms in total. The van der Waals surface area contributed by atoms with Gasteiger partial charge in [-0.1, -0.05) is 12.8 Å². The van der Waals surface area contributed by atoms with Gasteiger partial charge in [-0.3, -0.25) is 4.98 Å². The third-order valence-corrected chi connectivity index (χ3v) is 3.88. The van der Waals surface area contributed by atoms with Gasteiger partial charge in [-0.15, -0.1) is 0 Å². The number of aromatic nitrogens is 1. The lowest BCUT2D eigenvalue weighted by atomic mass is 10.1. The predicted molar refractivity (Wildman–Crippen MR) is 81.8 cm³/mol. The van der Waals surface area contributed by atoms with Crippen molar-refractivity contribution >= 4 is 5.69 Å². The molecule has 108 valence electrons. The van der Waals surface area contributed by atoms with Crippen molar-refractivity contribution in [2.24, 2.45) is 0 Å². The maximum atomic E-state index is 9.23. The van der Waals surface area contributed by atoms with E-state index in [9.17, 15) is 5.26 Å². The van der Waals surface area contributed by atoms with Crippen molar-refractivity contribution in [2.45, 2.75) is 39.5 Å². The second-order valence-corrected chi connectivity index (χ2v) is 5.57. The molecule has 0 spiro atoms. The topological polar surface area (TPSA) is 52.0 Å². The van der Waals surface area contributed by atoms with Crippen molar-refractivity contribution in [2.75, 3.05) is 31.5 Å². The highest BCUT2D eigenvalue weighted by Gasteiger charge is 2.10. The molecule has 1 aliphatic heterocycles. The fraction of sp³-hybridized carbons (Fsp3) is 0.625. The highest BCUT2D eigenvalue weighted by atomic mass is 15.1. The summed E-state index contributed by atoms with van der Waals surface area (Å²) in [6.07, 6.45) is 5.37. The van der Waals surface area contributed by atoms with Crippen LogP contribution in [0.4, 0.5) is 5.69 Å². The number of hydrogen-bond donors (Lipinski definition) is 1. The fourth-order valence-electron chi connectivity index (χ4n) is 2.82. The molecule has 0 aromatic carbocycles. The van der Waals surface area contributed by atoms with Gasteiger partial charge in [0.2, 0.25) is 0 Å². The summed E-state index contributed by atoms with van der Waals surface area (Å²) in [5.41, 5.74) is 3.36. The van der Waals surface area contributed by atoms with E-state index in [1.807, 2.05) is 19.9 Å². The van der Waals surface area contributed by atoms with Gasteiger partial charge < -0.3 is 10.2 Å². The van der Waals surface area contributed by atoms with Gasteiger partial charge in [-0.05, 0) is 45.8 Å². The molecule has 1 N–H and O–H groups in total. The minimum atomic E-state index is 0.673. The number of nitrogens with zero attached hydrogens (tertiary/aromatic N) is 3. The summed E-state index contributed by atoms with van der Waals surface area (Å²) in [5.74, 6) is 0. The number of anilines is 1. The van der Waals surface area contributed by atoms with Crippen molar-refractivity contribution in [3.63, 3.8) is 0 Å². The Hall–Kier alpha value is -1.60. The Morgan fingerprint density at radius 1 is 1.25 bits per heavy atom. The van der Waals surface area contributed by atoms with Crippen LogP contribution in [-0.4, -0.2) is 36.1 Å². The second kappa shape index (κ2) is 7.25. The number of rotatable bonds is 4. The van der Waals surface area contributed by atoms with Crippen molar-refractivity contribution in [1.29, 1.82) is 5.26 Å². The molecular formula is C16H24N4. The van der Waals surface area contributed by atoms with Crippen LogP contribution in [0.3, 0.4) is 0 Å². The van der Waals surface area contributed by atoms with Gasteiger partial charge in [0.05, 0.1) is 16.9 Å². The molecule has 0 saturated carbocycles. The van der Waals surface area contributed by atoms with Gasteiger partial charge in [-0.25, -0.2) is 0 Å². The first-order valence-corrected chi connectivity index (χ1v) is 7.55. The van der Waals surface area contributed by atoms with Crippen molar-refractivity contribution in [3.8, 4) is 6.07 Å². The molecule has 1 aromatic heterocycles. The van der Waals surface area contributed by atoms with E-state index >= 15 is 0 Å². The molecule has 1 aromatic rings. The quantitative estimate of drug-likeness (QED) is 0.915. The molecule has 2 rings (SSSR count). The van der Waals surface area contributed by atoms with Gasteiger partial charge in [0.15, 0.2) is 0 Å². The Morgan fingerprint density at radius 2 is 1.95 bits per heavy atom. The van der Waals surface area contributed by atoms with E-state index in [2.05, 4.69) is 21.3 Å². The van der Waals surface area contributed by atoms with E-state index < -0.39 is 0 Å². The summed E-state index contributed by atoms with van der Waals surface area (Å²) in [6.45, 7) is 8.21. The molecular weight excluding hydrogens is 248 g/mol. The average molecular weight is 272 g/mol. The molecule has 0 atom stereocenters. The van der Waals surface area contributed by atoms with Crippen LogP contribution >= 0.6 is 0 Å². The Morgan fingerprint density at radius 3 is 2.60 bits per heavy atom. The molecule has 0 unspecified atom stereocenters. The molecule has 0 radical (unpaired) electrons. The van der Waals surface area contributed by atoms with Crippen LogP contribution in [0.2, 0.25) is 0 Å². The van der Waals surface area contributed by atoms with Gasteiger partial charge in [0.1, 0.15) is 6.07 Å². The number of likely N-dealkylation sites (tertiary alicyclic amines) is 1. The summed E-state index contributed by atoms with van der Waals surface area (Å²) < 4.78 is 0. The molecule has 0 amide bonds. The summed E-state index contributed by atoms with van der Waals surface area (Å²) in [4.78, 5) is 6.86. The normalized spacial score (nSPS) is 16.4. The lowest BCUT2D eigenvalue weighted by molar-refractivity contribution is 0.296. The van der Waals surface area contributed by atoms with Crippen LogP contribution in [0.1, 0.15) is 42.6 Å². The molecule has 4 heteroatoms. The van der Waals surface area contributed by atoms with Crippen molar-refractivity contribution in [3.05, 3.63) is 23.0 Å². The van der Waals surface area contributed by atoms with Crippen LogP contribution in [-0.2, 0) is 0 Å². The van der Waals surface area contributed by atoms with Gasteiger partial charge >= 0.3 is 0 Å². The SMILES string of the molecule is Cc1cc(NCCN2CCCCCC2)c(C#N)c(C)n1. The second-order valence-electron chi connectivity index (χ2n) is 5.57. The Kier molecular flexibility index (Phi) is 5.37. The highest BCUT2D eigenvalue weighted by molar-refractivity contribution is 5.59. The molecule has 1 aliphatic rings. The van der Waals surface area contributed by atoms with Crippen LogP contribution < -0.4 is 5.32 Å². The van der Waals surface area contributed by atoms with E-state index in [0.717, 1.165) is 30.2 Å². The molecule has 0 bridgehead atoms. The highest BCUT2D eigenvalue weighted by Crippen LogP contribution is 2.18. The van der Waals surface area contributed by atoms with E-state index in [4.69, 9.17) is 0 Å². The summed E-state index contributed by atoms with van der Waals surface area (Å²) in [7, 11) is 0. The van der Waals surface area contributed by atoms with Crippen LogP contribution in [0, 0.1) is 25.2 Å². The number of nitriles is 1. The first kappa shape index (κ1) is 14.8. The van der Waals surface area contributed by atoms with Crippen LogP contribution in [0.25, 0.3) is 0 Å². The van der Waals surface area contributed by atoms with Gasteiger partial charge in [-0.2, -0.15) is 5.26 Å². The molecule has 2 heterocycles. The third-order valence-electron chi connectivity index (χ3n) is 3.88. The minimum Gasteiger partial charge on any atom is -0.383 e. The van der Waals surface area contributed by atoms with Gasteiger partial charge in [0.25, 0.3) is 0 Å². The minimum absolute atomic E-state index is 0.673. The van der Waals surface area contributed by atoms with Crippen molar-refractivity contribution < 1.29 is 0 Å². The first-order chi connectivity index (χ1) is 9.70. The zero-order valence-corrected chi connectivity index (χ0v) is 12.6. The van der Waals surface area contributed by atoms with Crippen LogP contribution in [0.5, 0.6) is 0 Å². The van der Waals surface area contributed by atoms with Crippen LogP contribution in [0.15, 0.2) is 6.07 Å². The average Bonchev–Trinajstić information content (AvgIpc) is 2.67. The molecule has 1 fully saturated rings. The maximum absolute atomic E-state index is 9.23. The van der Waals surface area contributed by atoms with E-state index in [-0.39, 0.29) is 0 Å². The molecule has 0 aliphatic carbocycles. The predicted octanol–water partition coefficient (Wildman–Crippen LogP) is 2.86. The smallest absolute Gasteiger partial charge is 0.103 e. The number of pyridine rings is 1. The lowest BCUT2D eigenvalue weighted by Gasteiger charge is -2.20.